The van der Waals surface area contributed by atoms with Crippen LogP contribution in [0.4, 0.5) is 5.13 Å². The fourth-order valence-electron chi connectivity index (χ4n) is 4.88. The molecule has 0 radical (unpaired) electrons. The smallest absolute Gasteiger partial charge is 0.301 e. The second-order valence-corrected chi connectivity index (χ2v) is 10.8. The summed E-state index contributed by atoms with van der Waals surface area (Å²) in [6.45, 7) is 5.58. The molecular formula is C33H30N2O7S. The minimum Gasteiger partial charge on any atom is -0.507 e. The SMILES string of the molecule is CCOc1cc(C2/C(=C(\O)c3ccc(OC)cc3)C(=O)C(=O)N2c2nc(C)c(C(C)=O)s2)ccc1OCc1ccccc1. The zero-order valence-electron chi connectivity index (χ0n) is 24.1. The number of anilines is 1. The van der Waals surface area contributed by atoms with E-state index in [0.29, 0.717) is 52.2 Å². The Morgan fingerprint density at radius 3 is 2.35 bits per heavy atom. The Kier molecular flexibility index (Phi) is 8.58. The van der Waals surface area contributed by atoms with E-state index in [1.165, 1.54) is 18.9 Å². The number of methoxy groups -OCH3 is 1. The molecule has 1 unspecified atom stereocenters. The van der Waals surface area contributed by atoms with Crippen molar-refractivity contribution in [2.24, 2.45) is 0 Å². The molecule has 9 nitrogen and oxygen atoms in total. The van der Waals surface area contributed by atoms with Crippen LogP contribution >= 0.6 is 11.3 Å². The first-order valence-electron chi connectivity index (χ1n) is 13.6. The number of ketones is 2. The number of hydrogen-bond acceptors (Lipinski definition) is 9. The third kappa shape index (κ3) is 5.87. The average molecular weight is 599 g/mol. The van der Waals surface area contributed by atoms with Crippen molar-refractivity contribution in [3.63, 3.8) is 0 Å². The van der Waals surface area contributed by atoms with Gasteiger partial charge in [0.05, 0.1) is 35.9 Å². The van der Waals surface area contributed by atoms with Crippen LogP contribution in [0.25, 0.3) is 5.76 Å². The molecule has 1 fully saturated rings. The van der Waals surface area contributed by atoms with Crippen molar-refractivity contribution in [2.75, 3.05) is 18.6 Å². The molecule has 10 heteroatoms. The molecule has 0 bridgehead atoms. The van der Waals surface area contributed by atoms with Gasteiger partial charge in [-0.2, -0.15) is 0 Å². The summed E-state index contributed by atoms with van der Waals surface area (Å²) >= 11 is 1.02. The normalized spacial score (nSPS) is 15.9. The Morgan fingerprint density at radius 2 is 1.72 bits per heavy atom. The van der Waals surface area contributed by atoms with E-state index in [1.807, 2.05) is 37.3 Å². The molecule has 1 aliphatic rings. The summed E-state index contributed by atoms with van der Waals surface area (Å²) in [5, 5.41) is 11.6. The van der Waals surface area contributed by atoms with E-state index >= 15 is 0 Å². The van der Waals surface area contributed by atoms with Gasteiger partial charge in [0.15, 0.2) is 22.4 Å². The van der Waals surface area contributed by atoms with Crippen molar-refractivity contribution >= 4 is 39.7 Å². The molecule has 2 heterocycles. The van der Waals surface area contributed by atoms with Crippen LogP contribution in [0, 0.1) is 6.92 Å². The number of hydrogen-bond donors (Lipinski definition) is 1. The number of aromatic nitrogens is 1. The number of thiazole rings is 1. The molecule has 3 aromatic carbocycles. The Bertz CT molecular complexity index is 1710. The molecule has 220 valence electrons. The highest BCUT2D eigenvalue weighted by Gasteiger charge is 2.48. The Morgan fingerprint density at radius 1 is 1.00 bits per heavy atom. The molecule has 4 aromatic rings. The molecule has 1 amide bonds. The number of nitrogens with zero attached hydrogens (tertiary/aromatic N) is 2. The maximum Gasteiger partial charge on any atom is 0.301 e. The molecule has 1 aromatic heterocycles. The molecule has 1 saturated heterocycles. The first-order chi connectivity index (χ1) is 20.7. The quantitative estimate of drug-likeness (QED) is 0.0984. The van der Waals surface area contributed by atoms with Gasteiger partial charge in [-0.05, 0) is 61.4 Å². The lowest BCUT2D eigenvalue weighted by atomic mass is 9.95. The van der Waals surface area contributed by atoms with E-state index in [0.717, 1.165) is 16.9 Å². The van der Waals surface area contributed by atoms with Gasteiger partial charge >= 0.3 is 5.91 Å². The molecule has 43 heavy (non-hydrogen) atoms. The fourth-order valence-corrected chi connectivity index (χ4v) is 5.87. The second-order valence-electron chi connectivity index (χ2n) is 9.78. The van der Waals surface area contributed by atoms with Crippen molar-refractivity contribution in [2.45, 2.75) is 33.4 Å². The molecule has 0 saturated carbocycles. The highest BCUT2D eigenvalue weighted by Crippen LogP contribution is 2.45. The van der Waals surface area contributed by atoms with E-state index < -0.39 is 17.7 Å². The first kappa shape index (κ1) is 29.5. The van der Waals surface area contributed by atoms with E-state index in [2.05, 4.69) is 4.98 Å². The van der Waals surface area contributed by atoms with E-state index in [9.17, 15) is 19.5 Å². The van der Waals surface area contributed by atoms with Gasteiger partial charge in [-0.25, -0.2) is 4.98 Å². The minimum absolute atomic E-state index is 0.118. The fraction of sp³-hybridized carbons (Fsp3) is 0.212. The molecular weight excluding hydrogens is 568 g/mol. The lowest BCUT2D eigenvalue weighted by molar-refractivity contribution is -0.132. The van der Waals surface area contributed by atoms with Crippen LogP contribution in [-0.2, 0) is 16.2 Å². The largest absolute Gasteiger partial charge is 0.507 e. The number of ether oxygens (including phenoxy) is 3. The number of aliphatic hydroxyl groups excluding tert-OH is 1. The van der Waals surface area contributed by atoms with Gasteiger partial charge in [0.2, 0.25) is 0 Å². The first-order valence-corrected chi connectivity index (χ1v) is 14.4. The maximum atomic E-state index is 13.6. The third-order valence-electron chi connectivity index (χ3n) is 6.94. The van der Waals surface area contributed by atoms with Crippen molar-refractivity contribution in [1.82, 2.24) is 4.98 Å². The number of Topliss-reactive ketones (excluding diaryl/α,β-unsaturated/α-hetero) is 2. The van der Waals surface area contributed by atoms with Crippen LogP contribution in [0.5, 0.6) is 17.2 Å². The van der Waals surface area contributed by atoms with E-state index in [1.54, 1.807) is 49.4 Å². The number of rotatable bonds is 10. The van der Waals surface area contributed by atoms with E-state index in [-0.39, 0.29) is 22.2 Å². The molecule has 1 atom stereocenters. The lowest BCUT2D eigenvalue weighted by Crippen LogP contribution is -2.29. The number of benzene rings is 3. The van der Waals surface area contributed by atoms with Gasteiger partial charge < -0.3 is 19.3 Å². The molecule has 0 aliphatic carbocycles. The van der Waals surface area contributed by atoms with Crippen molar-refractivity contribution in [1.29, 1.82) is 0 Å². The summed E-state index contributed by atoms with van der Waals surface area (Å²) in [5.74, 6) is -0.849. The van der Waals surface area contributed by atoms with Gasteiger partial charge in [0.1, 0.15) is 18.1 Å². The number of aliphatic hydroxyl groups is 1. The predicted molar refractivity (Wildman–Crippen MR) is 163 cm³/mol. The average Bonchev–Trinajstić information content (AvgIpc) is 3.53. The standard InChI is InChI=1S/C33H30N2O7S/c1-5-41-26-17-23(13-16-25(26)42-18-21-9-7-6-8-10-21)28-27(29(37)22-11-14-24(40-4)15-12-22)30(38)32(39)35(28)33-34-19(2)31(43-33)20(3)36/h6-17,28,37H,5,18H2,1-4H3/b29-27+. The molecule has 1 aliphatic heterocycles. The number of aryl methyl sites for hydroxylation is 1. The van der Waals surface area contributed by atoms with Crippen LogP contribution in [0.1, 0.15) is 51.9 Å². The highest BCUT2D eigenvalue weighted by atomic mass is 32.1. The monoisotopic (exact) mass is 598 g/mol. The van der Waals surface area contributed by atoms with Gasteiger partial charge in [-0.15, -0.1) is 0 Å². The van der Waals surface area contributed by atoms with Crippen LogP contribution in [0.3, 0.4) is 0 Å². The highest BCUT2D eigenvalue weighted by molar-refractivity contribution is 7.18. The van der Waals surface area contributed by atoms with E-state index in [4.69, 9.17) is 14.2 Å². The Hall–Kier alpha value is -4.96. The minimum atomic E-state index is -1.06. The van der Waals surface area contributed by atoms with Crippen LogP contribution in [0.15, 0.2) is 78.4 Å². The van der Waals surface area contributed by atoms with Crippen LogP contribution in [0.2, 0.25) is 0 Å². The number of amides is 1. The summed E-state index contributed by atoms with van der Waals surface area (Å²) in [6.07, 6.45) is 0. The number of carbonyl (C=O) groups is 3. The van der Waals surface area contributed by atoms with Crippen LogP contribution < -0.4 is 19.1 Å². The van der Waals surface area contributed by atoms with Gasteiger partial charge in [-0.3, -0.25) is 19.3 Å². The predicted octanol–water partition coefficient (Wildman–Crippen LogP) is 6.27. The topological polar surface area (TPSA) is 115 Å². The summed E-state index contributed by atoms with van der Waals surface area (Å²) in [6, 6.07) is 20.3. The molecule has 0 spiro atoms. The van der Waals surface area contributed by atoms with Gasteiger partial charge in [0.25, 0.3) is 5.78 Å². The number of carbonyl (C=O) groups excluding carboxylic acids is 3. The zero-order chi connectivity index (χ0) is 30.7. The molecule has 1 N–H and O–H groups in total. The van der Waals surface area contributed by atoms with Crippen molar-refractivity contribution in [3.05, 3.63) is 106 Å². The van der Waals surface area contributed by atoms with Gasteiger partial charge in [-0.1, -0.05) is 47.7 Å². The lowest BCUT2D eigenvalue weighted by Gasteiger charge is -2.24. The summed E-state index contributed by atoms with van der Waals surface area (Å²) < 4.78 is 17.2. The molecule has 5 rings (SSSR count). The maximum absolute atomic E-state index is 13.6. The Balaban J connectivity index is 1.64. The third-order valence-corrected chi connectivity index (χ3v) is 8.20. The Labute approximate surface area is 253 Å². The van der Waals surface area contributed by atoms with Crippen LogP contribution in [-0.4, -0.2) is 41.3 Å². The summed E-state index contributed by atoms with van der Waals surface area (Å²) in [7, 11) is 1.52. The summed E-state index contributed by atoms with van der Waals surface area (Å²) in [4.78, 5) is 45.5. The van der Waals surface area contributed by atoms with Crippen molar-refractivity contribution < 1.29 is 33.7 Å². The van der Waals surface area contributed by atoms with Gasteiger partial charge in [0, 0.05) is 12.5 Å². The summed E-state index contributed by atoms with van der Waals surface area (Å²) in [5.41, 5.74) is 2.12. The zero-order valence-corrected chi connectivity index (χ0v) is 24.9. The second kappa shape index (κ2) is 12.5. The van der Waals surface area contributed by atoms with Crippen molar-refractivity contribution in [3.8, 4) is 17.2 Å².